The zero-order valence-corrected chi connectivity index (χ0v) is 9.35. The van der Waals surface area contributed by atoms with Crippen LogP contribution in [0.5, 0.6) is 0 Å². The maximum atomic E-state index is 10.8. The first kappa shape index (κ1) is 11.0. The van der Waals surface area contributed by atoms with Crippen molar-refractivity contribution in [2.75, 3.05) is 0 Å². The van der Waals surface area contributed by atoms with Gasteiger partial charge in [0.1, 0.15) is 11.6 Å². The van der Waals surface area contributed by atoms with Crippen molar-refractivity contribution in [1.82, 2.24) is 9.97 Å². The Morgan fingerprint density at radius 2 is 2.14 bits per heavy atom. The molecule has 0 aliphatic heterocycles. The van der Waals surface area contributed by atoms with E-state index < -0.39 is 0 Å². The number of hydrogen-bond acceptors (Lipinski definition) is 2. The molecule has 0 saturated heterocycles. The molecule has 1 heterocycles. The Balaban J connectivity index is 2.64. The van der Waals surface area contributed by atoms with Gasteiger partial charge in [-0.3, -0.25) is 0 Å². The molecule has 0 fully saturated rings. The molecule has 0 aliphatic rings. The van der Waals surface area contributed by atoms with Crippen LogP contribution in [0.15, 0.2) is 6.20 Å². The summed E-state index contributed by atoms with van der Waals surface area (Å²) in [7, 11) is 0. The van der Waals surface area contributed by atoms with Gasteiger partial charge in [-0.2, -0.15) is 0 Å². The fourth-order valence-electron chi connectivity index (χ4n) is 1.17. The van der Waals surface area contributed by atoms with E-state index in [1.807, 2.05) is 6.20 Å². The van der Waals surface area contributed by atoms with E-state index in [0.29, 0.717) is 12.8 Å². The molecule has 1 aromatic heterocycles. The molecule has 0 aromatic carbocycles. The summed E-state index contributed by atoms with van der Waals surface area (Å²) in [5, 5.41) is 0. The number of H-pyrrole nitrogens is 1. The highest BCUT2D eigenvalue weighted by molar-refractivity contribution is 5.75. The maximum Gasteiger partial charge on any atom is 0.130 e. The molecule has 0 aliphatic carbocycles. The van der Waals surface area contributed by atoms with Crippen molar-refractivity contribution in [3.63, 3.8) is 0 Å². The summed E-state index contributed by atoms with van der Waals surface area (Å²) in [5.41, 5.74) is 1.22. The van der Waals surface area contributed by atoms with Crippen LogP contribution in [0.4, 0.5) is 0 Å². The summed E-state index contributed by atoms with van der Waals surface area (Å²) in [6.45, 7) is 8.01. The number of nitrogens with zero attached hydrogens (tertiary/aromatic N) is 1. The van der Waals surface area contributed by atoms with Crippen molar-refractivity contribution in [2.45, 2.75) is 46.0 Å². The number of aryl methyl sites for hydroxylation is 1. The van der Waals surface area contributed by atoms with Gasteiger partial charge in [0.15, 0.2) is 0 Å². The van der Waals surface area contributed by atoms with Gasteiger partial charge >= 0.3 is 0 Å². The number of nitrogens with one attached hydrogen (secondary N) is 1. The molecule has 0 spiro atoms. The summed E-state index contributed by atoms with van der Waals surface area (Å²) in [6, 6.07) is 0. The number of carbonyl (C=O) groups excluding carboxylic acids is 1. The van der Waals surface area contributed by atoms with Crippen molar-refractivity contribution < 1.29 is 4.79 Å². The lowest BCUT2D eigenvalue weighted by atomic mass is 9.93. The number of aromatic nitrogens is 2. The molecule has 0 radical (unpaired) electrons. The lowest BCUT2D eigenvalue weighted by Gasteiger charge is -2.15. The molecule has 0 atom stereocenters. The van der Waals surface area contributed by atoms with Gasteiger partial charge in [0, 0.05) is 30.1 Å². The van der Waals surface area contributed by atoms with Crippen molar-refractivity contribution in [3.05, 3.63) is 17.7 Å². The minimum absolute atomic E-state index is 0.0987. The van der Waals surface area contributed by atoms with Gasteiger partial charge in [-0.1, -0.05) is 20.8 Å². The van der Waals surface area contributed by atoms with Crippen LogP contribution >= 0.6 is 0 Å². The molecule has 3 heteroatoms. The number of rotatable bonds is 3. The molecule has 78 valence electrons. The van der Waals surface area contributed by atoms with Crippen molar-refractivity contribution in [1.29, 1.82) is 0 Å². The highest BCUT2D eigenvalue weighted by Gasteiger charge is 2.16. The van der Waals surface area contributed by atoms with Crippen LogP contribution in [0.3, 0.4) is 0 Å². The van der Waals surface area contributed by atoms with E-state index in [9.17, 15) is 4.79 Å². The first-order chi connectivity index (χ1) is 6.39. The smallest absolute Gasteiger partial charge is 0.130 e. The minimum atomic E-state index is 0.0987. The second kappa shape index (κ2) is 3.95. The van der Waals surface area contributed by atoms with Crippen LogP contribution in [0, 0.1) is 0 Å². The highest BCUT2D eigenvalue weighted by atomic mass is 16.1. The Labute approximate surface area is 84.9 Å². The molecule has 0 unspecified atom stereocenters. The van der Waals surface area contributed by atoms with Gasteiger partial charge in [0.25, 0.3) is 0 Å². The van der Waals surface area contributed by atoms with Crippen LogP contribution in [0.25, 0.3) is 0 Å². The zero-order valence-electron chi connectivity index (χ0n) is 9.35. The number of hydrogen-bond donors (Lipinski definition) is 1. The van der Waals surface area contributed by atoms with Crippen molar-refractivity contribution in [2.24, 2.45) is 0 Å². The Kier molecular flexibility index (Phi) is 3.09. The van der Waals surface area contributed by atoms with Gasteiger partial charge in [-0.25, -0.2) is 4.98 Å². The maximum absolute atomic E-state index is 10.8. The Bertz CT molecular complexity index is 320. The second-order valence-corrected chi connectivity index (χ2v) is 4.70. The highest BCUT2D eigenvalue weighted by Crippen LogP contribution is 2.19. The van der Waals surface area contributed by atoms with Crippen molar-refractivity contribution in [3.8, 4) is 0 Å². The SMILES string of the molecule is CC(=O)CCc1ncc(C(C)(C)C)[nH]1. The van der Waals surface area contributed by atoms with E-state index in [2.05, 4.69) is 30.7 Å². The number of ketones is 1. The Morgan fingerprint density at radius 1 is 1.50 bits per heavy atom. The van der Waals surface area contributed by atoms with Gasteiger partial charge < -0.3 is 9.78 Å². The van der Waals surface area contributed by atoms with E-state index in [-0.39, 0.29) is 11.2 Å². The fourth-order valence-corrected chi connectivity index (χ4v) is 1.17. The molecule has 1 N–H and O–H groups in total. The van der Waals surface area contributed by atoms with E-state index in [1.54, 1.807) is 6.92 Å². The monoisotopic (exact) mass is 194 g/mol. The van der Waals surface area contributed by atoms with Crippen LogP contribution < -0.4 is 0 Å². The topological polar surface area (TPSA) is 45.8 Å². The largest absolute Gasteiger partial charge is 0.345 e. The van der Waals surface area contributed by atoms with E-state index in [1.165, 1.54) is 0 Å². The summed E-state index contributed by atoms with van der Waals surface area (Å²) in [5.74, 6) is 1.11. The molecule has 0 bridgehead atoms. The predicted molar refractivity (Wildman–Crippen MR) is 56.3 cm³/mol. The summed E-state index contributed by atoms with van der Waals surface area (Å²) in [6.07, 6.45) is 3.14. The predicted octanol–water partition coefficient (Wildman–Crippen LogP) is 2.23. The molecule has 0 amide bonds. The van der Waals surface area contributed by atoms with Gasteiger partial charge in [0.05, 0.1) is 0 Å². The van der Waals surface area contributed by atoms with Gasteiger partial charge in [-0.15, -0.1) is 0 Å². The quantitative estimate of drug-likeness (QED) is 0.802. The number of carbonyl (C=O) groups is 1. The molecule has 0 saturated carbocycles. The number of aromatic amines is 1. The normalized spacial score (nSPS) is 11.7. The average molecular weight is 194 g/mol. The Morgan fingerprint density at radius 3 is 2.57 bits per heavy atom. The standard InChI is InChI=1S/C11H18N2O/c1-8(14)5-6-10-12-7-9(13-10)11(2,3)4/h7H,5-6H2,1-4H3,(H,12,13). The third kappa shape index (κ3) is 2.98. The van der Waals surface area contributed by atoms with Crippen LogP contribution in [0.1, 0.15) is 45.6 Å². The van der Waals surface area contributed by atoms with Crippen molar-refractivity contribution >= 4 is 5.78 Å². The van der Waals surface area contributed by atoms with Crippen LogP contribution in [-0.4, -0.2) is 15.8 Å². The van der Waals surface area contributed by atoms with Gasteiger partial charge in [-0.05, 0) is 6.92 Å². The Hall–Kier alpha value is -1.12. The summed E-state index contributed by atoms with van der Waals surface area (Å²) < 4.78 is 0. The molecule has 14 heavy (non-hydrogen) atoms. The molecule has 1 rings (SSSR count). The van der Waals surface area contributed by atoms with E-state index in [0.717, 1.165) is 11.5 Å². The third-order valence-corrected chi connectivity index (χ3v) is 2.15. The lowest BCUT2D eigenvalue weighted by molar-refractivity contribution is -0.117. The number of Topliss-reactive ketones (excluding diaryl/α,β-unsaturated/α-hetero) is 1. The molecule has 1 aromatic rings. The molecular formula is C11H18N2O. The number of imidazole rings is 1. The summed E-state index contributed by atoms with van der Waals surface area (Å²) in [4.78, 5) is 18.3. The van der Waals surface area contributed by atoms with Gasteiger partial charge in [0.2, 0.25) is 0 Å². The average Bonchev–Trinajstić information content (AvgIpc) is 2.47. The third-order valence-electron chi connectivity index (χ3n) is 2.15. The molecular weight excluding hydrogens is 176 g/mol. The fraction of sp³-hybridized carbons (Fsp3) is 0.636. The van der Waals surface area contributed by atoms with E-state index >= 15 is 0 Å². The first-order valence-electron chi connectivity index (χ1n) is 4.93. The van der Waals surface area contributed by atoms with Crippen LogP contribution in [-0.2, 0) is 16.6 Å². The lowest BCUT2D eigenvalue weighted by Crippen LogP contribution is -2.11. The van der Waals surface area contributed by atoms with Crippen LogP contribution in [0.2, 0.25) is 0 Å². The molecule has 3 nitrogen and oxygen atoms in total. The van der Waals surface area contributed by atoms with E-state index in [4.69, 9.17) is 0 Å². The second-order valence-electron chi connectivity index (χ2n) is 4.70. The zero-order chi connectivity index (χ0) is 10.8. The first-order valence-corrected chi connectivity index (χ1v) is 4.93. The summed E-state index contributed by atoms with van der Waals surface area (Å²) >= 11 is 0. The minimum Gasteiger partial charge on any atom is -0.345 e.